The number of amides is 1. The van der Waals surface area contributed by atoms with Crippen LogP contribution in [0.1, 0.15) is 17.5 Å². The van der Waals surface area contributed by atoms with E-state index in [0.717, 1.165) is 0 Å². The van der Waals surface area contributed by atoms with Crippen LogP contribution in [-0.2, 0) is 10.3 Å². The lowest BCUT2D eigenvalue weighted by Gasteiger charge is -2.30. The molecule has 9 heteroatoms. The molecule has 22 heavy (non-hydrogen) atoms. The normalized spacial score (nSPS) is 19.8. The zero-order chi connectivity index (χ0) is 15.5. The summed E-state index contributed by atoms with van der Waals surface area (Å²) in [5.74, 6) is -0.332. The largest absolute Gasteiger partial charge is 0.344 e. The van der Waals surface area contributed by atoms with E-state index in [1.54, 1.807) is 0 Å². The zero-order valence-electron chi connectivity index (χ0n) is 11.7. The molecule has 1 aromatic carbocycles. The second-order valence-corrected chi connectivity index (χ2v) is 4.86. The highest BCUT2D eigenvalue weighted by Gasteiger charge is 2.39. The van der Waals surface area contributed by atoms with E-state index in [1.165, 1.54) is 18.2 Å². The minimum absolute atomic E-state index is 0. The third kappa shape index (κ3) is 3.33. The van der Waals surface area contributed by atoms with Crippen LogP contribution in [0, 0.1) is 21.4 Å². The van der Waals surface area contributed by atoms with Gasteiger partial charge in [0.2, 0.25) is 5.91 Å². The highest BCUT2D eigenvalue weighted by atomic mass is 35.5. The van der Waals surface area contributed by atoms with Gasteiger partial charge in [-0.2, -0.15) is 5.26 Å². The number of nitro benzene ring substituents is 1. The average molecular weight is 326 g/mol. The van der Waals surface area contributed by atoms with Crippen LogP contribution in [0.3, 0.4) is 0 Å². The third-order valence-corrected chi connectivity index (χ3v) is 3.57. The highest BCUT2D eigenvalue weighted by Crippen LogP contribution is 2.32. The predicted octanol–water partition coefficient (Wildman–Crippen LogP) is 0.152. The fraction of sp³-hybridized carbons (Fsp3) is 0.385. The summed E-state index contributed by atoms with van der Waals surface area (Å²) in [4.78, 5) is 21.9. The van der Waals surface area contributed by atoms with Gasteiger partial charge in [-0.1, -0.05) is 0 Å². The van der Waals surface area contributed by atoms with Gasteiger partial charge >= 0.3 is 0 Å². The molecule has 1 saturated heterocycles. The van der Waals surface area contributed by atoms with Gasteiger partial charge in [0, 0.05) is 18.7 Å². The number of rotatable bonds is 4. The van der Waals surface area contributed by atoms with Crippen LogP contribution in [0.15, 0.2) is 18.2 Å². The predicted molar refractivity (Wildman–Crippen MR) is 81.4 cm³/mol. The number of hydrogen-bond acceptors (Lipinski definition) is 6. The van der Waals surface area contributed by atoms with E-state index in [9.17, 15) is 20.2 Å². The molecule has 1 atom stereocenters. The molecule has 1 aliphatic rings. The lowest BCUT2D eigenvalue weighted by molar-refractivity contribution is -0.384. The Balaban J connectivity index is 0.00000242. The topological polar surface area (TPSA) is 134 Å². The standard InChI is InChI=1S/C13H15N5O3.ClH/c14-6-9-5-10(18(20)21)1-2-11(9)13(3-4-16-8-13)17-12(19)7-15;/h1-2,5,16H,3-4,7-8,15H2,(H,17,19);1H/t13-;/m1./s1. The molecule has 0 unspecified atom stereocenters. The molecule has 1 fully saturated rings. The van der Waals surface area contributed by atoms with Crippen molar-refractivity contribution in [3.63, 3.8) is 0 Å². The number of non-ortho nitro benzene ring substituents is 1. The summed E-state index contributed by atoms with van der Waals surface area (Å²) in [6, 6.07) is 6.06. The van der Waals surface area contributed by atoms with Crippen LogP contribution in [0.25, 0.3) is 0 Å². The van der Waals surface area contributed by atoms with E-state index in [4.69, 9.17) is 5.73 Å². The second-order valence-electron chi connectivity index (χ2n) is 4.86. The Labute approximate surface area is 133 Å². The number of benzene rings is 1. The number of nitro groups is 1. The Hall–Kier alpha value is -2.21. The molecule has 0 bridgehead atoms. The summed E-state index contributed by atoms with van der Waals surface area (Å²) in [6.45, 7) is 0.967. The van der Waals surface area contributed by atoms with E-state index in [2.05, 4.69) is 10.6 Å². The van der Waals surface area contributed by atoms with E-state index in [0.29, 0.717) is 25.1 Å². The van der Waals surface area contributed by atoms with Crippen LogP contribution < -0.4 is 16.4 Å². The Morgan fingerprint density at radius 2 is 2.32 bits per heavy atom. The van der Waals surface area contributed by atoms with Crippen LogP contribution in [0.5, 0.6) is 0 Å². The molecule has 0 spiro atoms. The van der Waals surface area contributed by atoms with Crippen molar-refractivity contribution >= 4 is 24.0 Å². The maximum absolute atomic E-state index is 11.7. The van der Waals surface area contributed by atoms with Crippen molar-refractivity contribution in [2.45, 2.75) is 12.0 Å². The molecule has 0 radical (unpaired) electrons. The summed E-state index contributed by atoms with van der Waals surface area (Å²) in [7, 11) is 0. The van der Waals surface area contributed by atoms with Crippen molar-refractivity contribution in [1.29, 1.82) is 5.26 Å². The van der Waals surface area contributed by atoms with E-state index in [1.807, 2.05) is 6.07 Å². The number of carbonyl (C=O) groups is 1. The molecule has 1 aliphatic heterocycles. The number of halogens is 1. The van der Waals surface area contributed by atoms with Gasteiger partial charge in [-0.05, 0) is 24.6 Å². The second kappa shape index (κ2) is 7.17. The highest BCUT2D eigenvalue weighted by molar-refractivity contribution is 5.85. The fourth-order valence-corrected chi connectivity index (χ4v) is 2.57. The van der Waals surface area contributed by atoms with Crippen molar-refractivity contribution in [1.82, 2.24) is 10.6 Å². The first-order valence-corrected chi connectivity index (χ1v) is 6.43. The first-order valence-electron chi connectivity index (χ1n) is 6.43. The van der Waals surface area contributed by atoms with Crippen molar-refractivity contribution in [3.8, 4) is 6.07 Å². The summed E-state index contributed by atoms with van der Waals surface area (Å²) in [5, 5.41) is 26.0. The van der Waals surface area contributed by atoms with Gasteiger partial charge in [0.1, 0.15) is 0 Å². The Morgan fingerprint density at radius 1 is 1.59 bits per heavy atom. The van der Waals surface area contributed by atoms with Crippen LogP contribution in [0.2, 0.25) is 0 Å². The minimum atomic E-state index is -0.753. The smallest absolute Gasteiger partial charge is 0.270 e. The van der Waals surface area contributed by atoms with Crippen molar-refractivity contribution in [2.75, 3.05) is 19.6 Å². The van der Waals surface area contributed by atoms with Gasteiger partial charge < -0.3 is 16.4 Å². The summed E-state index contributed by atoms with van der Waals surface area (Å²) < 4.78 is 0. The summed E-state index contributed by atoms with van der Waals surface area (Å²) >= 11 is 0. The first-order chi connectivity index (χ1) is 10.0. The molecule has 0 aromatic heterocycles. The maximum atomic E-state index is 11.7. The van der Waals surface area contributed by atoms with Crippen molar-refractivity contribution in [2.24, 2.45) is 5.73 Å². The van der Waals surface area contributed by atoms with Gasteiger partial charge in [0.05, 0.1) is 28.6 Å². The number of hydrogen-bond donors (Lipinski definition) is 3. The fourth-order valence-electron chi connectivity index (χ4n) is 2.57. The van der Waals surface area contributed by atoms with Gasteiger partial charge in [-0.3, -0.25) is 14.9 Å². The molecule has 1 heterocycles. The van der Waals surface area contributed by atoms with Gasteiger partial charge in [0.25, 0.3) is 5.69 Å². The minimum Gasteiger partial charge on any atom is -0.344 e. The van der Waals surface area contributed by atoms with Crippen molar-refractivity contribution in [3.05, 3.63) is 39.4 Å². The van der Waals surface area contributed by atoms with Crippen molar-refractivity contribution < 1.29 is 9.72 Å². The Morgan fingerprint density at radius 3 is 2.82 bits per heavy atom. The molecule has 4 N–H and O–H groups in total. The summed E-state index contributed by atoms with van der Waals surface area (Å²) in [5.41, 5.74) is 5.19. The molecule has 118 valence electrons. The lowest BCUT2D eigenvalue weighted by atomic mass is 9.85. The Kier molecular flexibility index (Phi) is 5.82. The molecular weight excluding hydrogens is 310 g/mol. The monoisotopic (exact) mass is 325 g/mol. The van der Waals surface area contributed by atoms with E-state index in [-0.39, 0.29) is 36.1 Å². The van der Waals surface area contributed by atoms with Gasteiger partial charge in [-0.25, -0.2) is 0 Å². The number of carbonyl (C=O) groups excluding carboxylic acids is 1. The SMILES string of the molecule is Cl.N#Cc1cc([N+](=O)[O-])ccc1[C@@]1(NC(=O)CN)CCNC1. The molecule has 1 amide bonds. The van der Waals surface area contributed by atoms with Gasteiger partial charge in [-0.15, -0.1) is 12.4 Å². The first kappa shape index (κ1) is 17.8. The summed E-state index contributed by atoms with van der Waals surface area (Å²) in [6.07, 6.45) is 0.589. The van der Waals surface area contributed by atoms with Crippen LogP contribution in [0.4, 0.5) is 5.69 Å². The molecular formula is C13H16ClN5O3. The van der Waals surface area contributed by atoms with Gasteiger partial charge in [0.15, 0.2) is 0 Å². The number of nitriles is 1. The number of nitrogens with zero attached hydrogens (tertiary/aromatic N) is 2. The maximum Gasteiger partial charge on any atom is 0.270 e. The third-order valence-electron chi connectivity index (χ3n) is 3.57. The van der Waals surface area contributed by atoms with E-state index >= 15 is 0 Å². The van der Waals surface area contributed by atoms with Crippen LogP contribution in [-0.4, -0.2) is 30.5 Å². The molecule has 8 nitrogen and oxygen atoms in total. The number of nitrogens with one attached hydrogen (secondary N) is 2. The van der Waals surface area contributed by atoms with Crippen LogP contribution >= 0.6 is 12.4 Å². The number of nitrogens with two attached hydrogens (primary N) is 1. The molecule has 2 rings (SSSR count). The van der Waals surface area contributed by atoms with E-state index < -0.39 is 10.5 Å². The quantitative estimate of drug-likeness (QED) is 0.533. The molecule has 0 aliphatic carbocycles. The molecule has 0 saturated carbocycles. The average Bonchev–Trinajstić information content (AvgIpc) is 2.95. The lowest BCUT2D eigenvalue weighted by Crippen LogP contribution is -2.49. The molecule has 1 aromatic rings. The zero-order valence-corrected chi connectivity index (χ0v) is 12.5. The Bertz CT molecular complexity index is 623.